The lowest BCUT2D eigenvalue weighted by Gasteiger charge is -2.32. The number of piperidine rings is 1. The third kappa shape index (κ3) is 4.93. The second-order valence-electron chi connectivity index (χ2n) is 8.89. The number of carbonyl (C=O) groups excluding carboxylic acids is 1. The van der Waals surface area contributed by atoms with Gasteiger partial charge in [-0.25, -0.2) is 4.79 Å². The zero-order valence-electron chi connectivity index (χ0n) is 18.7. The minimum Gasteiger partial charge on any atom is -0.493 e. The van der Waals surface area contributed by atoms with Crippen molar-refractivity contribution in [1.29, 1.82) is 0 Å². The molecule has 1 fully saturated rings. The minimum absolute atomic E-state index is 0.0499. The molecule has 0 unspecified atom stereocenters. The minimum atomic E-state index is -0.202. The van der Waals surface area contributed by atoms with Crippen molar-refractivity contribution in [3.8, 4) is 5.75 Å². The normalized spacial score (nSPS) is 16.6. The highest BCUT2D eigenvalue weighted by molar-refractivity contribution is 5.94. The van der Waals surface area contributed by atoms with Crippen molar-refractivity contribution < 1.29 is 13.9 Å². The second kappa shape index (κ2) is 9.75. The maximum absolute atomic E-state index is 12.3. The van der Waals surface area contributed by atoms with Crippen molar-refractivity contribution in [2.24, 2.45) is 0 Å². The Hall–Kier alpha value is -3.19. The number of hydrogen-bond acceptors (Lipinski definition) is 6. The number of hydrogen-bond donors (Lipinski definition) is 1. The molecule has 172 valence electrons. The molecule has 3 aromatic rings. The molecule has 1 aromatic carbocycles. The van der Waals surface area contributed by atoms with E-state index in [9.17, 15) is 9.59 Å². The highest BCUT2D eigenvalue weighted by Gasteiger charge is 2.21. The van der Waals surface area contributed by atoms with Crippen molar-refractivity contribution in [2.45, 2.75) is 44.6 Å². The van der Waals surface area contributed by atoms with Crippen LogP contribution in [0.5, 0.6) is 5.75 Å². The summed E-state index contributed by atoms with van der Waals surface area (Å²) in [6.45, 7) is 3.49. The van der Waals surface area contributed by atoms with Gasteiger partial charge in [0.2, 0.25) is 0 Å². The number of ether oxygens (including phenoxy) is 1. The van der Waals surface area contributed by atoms with Crippen LogP contribution in [0.4, 0.5) is 0 Å². The molecule has 7 heteroatoms. The number of likely N-dealkylation sites (tertiary alicyclic amines) is 1. The predicted molar refractivity (Wildman–Crippen MR) is 126 cm³/mol. The Balaban J connectivity index is 1.06. The van der Waals surface area contributed by atoms with E-state index < -0.39 is 0 Å². The quantitative estimate of drug-likeness (QED) is 0.442. The standard InChI is InChI=1S/C26H29N3O4/c30-25(18-4-2-11-27-17-18)28-19-9-13-29(14-10-19)12-3-15-32-20-7-8-22-21-5-1-6-23(21)26(31)33-24(22)16-20/h2,4,7-8,11,16-17,19H,1,3,5-6,9-10,12-15H2,(H,28,30). The number of carbonyl (C=O) groups is 1. The Morgan fingerprint density at radius 2 is 2.03 bits per heavy atom. The summed E-state index contributed by atoms with van der Waals surface area (Å²) in [5.74, 6) is 0.687. The van der Waals surface area contributed by atoms with Crippen LogP contribution in [0.15, 0.2) is 51.9 Å². The summed E-state index contributed by atoms with van der Waals surface area (Å²) in [6, 6.07) is 9.59. The van der Waals surface area contributed by atoms with Crippen LogP contribution < -0.4 is 15.7 Å². The van der Waals surface area contributed by atoms with Gasteiger partial charge in [0.15, 0.2) is 0 Å². The molecule has 3 heterocycles. The molecule has 1 aliphatic carbocycles. The van der Waals surface area contributed by atoms with Gasteiger partial charge in [-0.2, -0.15) is 0 Å². The van der Waals surface area contributed by atoms with Crippen LogP contribution in [-0.4, -0.2) is 48.1 Å². The number of rotatable bonds is 7. The van der Waals surface area contributed by atoms with Gasteiger partial charge in [-0.1, -0.05) is 0 Å². The summed E-state index contributed by atoms with van der Waals surface area (Å²) in [5.41, 5.74) is 3.01. The number of aromatic nitrogens is 1. The molecule has 0 bridgehead atoms. The van der Waals surface area contributed by atoms with Gasteiger partial charge in [0.25, 0.3) is 5.91 Å². The molecule has 0 atom stereocenters. The number of fused-ring (bicyclic) bond motifs is 3. The molecule has 7 nitrogen and oxygen atoms in total. The lowest BCUT2D eigenvalue weighted by Crippen LogP contribution is -2.45. The third-order valence-electron chi connectivity index (χ3n) is 6.68. The average molecular weight is 448 g/mol. The summed E-state index contributed by atoms with van der Waals surface area (Å²) in [7, 11) is 0. The Morgan fingerprint density at radius 1 is 1.18 bits per heavy atom. The maximum atomic E-state index is 12.3. The van der Waals surface area contributed by atoms with Gasteiger partial charge >= 0.3 is 5.63 Å². The van der Waals surface area contributed by atoms with Crippen LogP contribution in [0, 0.1) is 0 Å². The summed E-state index contributed by atoms with van der Waals surface area (Å²) < 4.78 is 11.5. The molecule has 0 spiro atoms. The Morgan fingerprint density at radius 3 is 2.85 bits per heavy atom. The fraction of sp³-hybridized carbons (Fsp3) is 0.423. The topological polar surface area (TPSA) is 84.7 Å². The Bertz CT molecular complexity index is 1180. The first kappa shape index (κ1) is 21.6. The van der Waals surface area contributed by atoms with E-state index in [0.717, 1.165) is 80.4 Å². The largest absolute Gasteiger partial charge is 0.493 e. The molecule has 33 heavy (non-hydrogen) atoms. The van der Waals surface area contributed by atoms with E-state index in [-0.39, 0.29) is 17.6 Å². The van der Waals surface area contributed by atoms with Crippen molar-refractivity contribution in [2.75, 3.05) is 26.2 Å². The Kier molecular flexibility index (Phi) is 6.39. The van der Waals surface area contributed by atoms with Gasteiger partial charge in [0, 0.05) is 55.1 Å². The highest BCUT2D eigenvalue weighted by atomic mass is 16.5. The predicted octanol–water partition coefficient (Wildman–Crippen LogP) is 3.34. The highest BCUT2D eigenvalue weighted by Crippen LogP contribution is 2.29. The van der Waals surface area contributed by atoms with Crippen molar-refractivity contribution >= 4 is 16.9 Å². The molecular formula is C26H29N3O4. The van der Waals surface area contributed by atoms with Gasteiger partial charge in [-0.3, -0.25) is 9.78 Å². The fourth-order valence-corrected chi connectivity index (χ4v) is 4.90. The molecule has 1 aliphatic heterocycles. The van der Waals surface area contributed by atoms with E-state index in [4.69, 9.17) is 9.15 Å². The molecule has 1 N–H and O–H groups in total. The van der Waals surface area contributed by atoms with E-state index in [0.29, 0.717) is 17.8 Å². The van der Waals surface area contributed by atoms with E-state index in [1.807, 2.05) is 18.2 Å². The fourth-order valence-electron chi connectivity index (χ4n) is 4.90. The van der Waals surface area contributed by atoms with Gasteiger partial charge in [-0.15, -0.1) is 0 Å². The van der Waals surface area contributed by atoms with E-state index in [1.54, 1.807) is 24.5 Å². The second-order valence-corrected chi connectivity index (χ2v) is 8.89. The summed E-state index contributed by atoms with van der Waals surface area (Å²) in [4.78, 5) is 30.9. The van der Waals surface area contributed by atoms with Gasteiger partial charge < -0.3 is 19.4 Å². The monoisotopic (exact) mass is 447 g/mol. The number of benzene rings is 1. The smallest absolute Gasteiger partial charge is 0.339 e. The first-order chi connectivity index (χ1) is 16.2. The van der Waals surface area contributed by atoms with Crippen LogP contribution in [0.25, 0.3) is 11.0 Å². The molecular weight excluding hydrogens is 418 g/mol. The van der Waals surface area contributed by atoms with Crippen molar-refractivity contribution in [3.63, 3.8) is 0 Å². The number of pyridine rings is 1. The maximum Gasteiger partial charge on any atom is 0.339 e. The molecule has 5 rings (SSSR count). The van der Waals surface area contributed by atoms with Crippen LogP contribution >= 0.6 is 0 Å². The average Bonchev–Trinajstić information content (AvgIpc) is 3.34. The van der Waals surface area contributed by atoms with Crippen molar-refractivity contribution in [1.82, 2.24) is 15.2 Å². The van der Waals surface area contributed by atoms with E-state index >= 15 is 0 Å². The molecule has 1 saturated heterocycles. The molecule has 0 radical (unpaired) electrons. The van der Waals surface area contributed by atoms with Crippen LogP contribution in [0.3, 0.4) is 0 Å². The lowest BCUT2D eigenvalue weighted by molar-refractivity contribution is 0.0909. The van der Waals surface area contributed by atoms with Crippen LogP contribution in [0.2, 0.25) is 0 Å². The Labute approximate surface area is 192 Å². The first-order valence-corrected chi connectivity index (χ1v) is 11.8. The first-order valence-electron chi connectivity index (χ1n) is 11.8. The number of nitrogens with one attached hydrogen (secondary N) is 1. The summed E-state index contributed by atoms with van der Waals surface area (Å²) in [6.07, 6.45) is 8.86. The molecule has 1 amide bonds. The lowest BCUT2D eigenvalue weighted by atomic mass is 10.0. The van der Waals surface area contributed by atoms with Gasteiger partial charge in [-0.05, 0) is 68.4 Å². The van der Waals surface area contributed by atoms with Crippen molar-refractivity contribution in [3.05, 3.63) is 69.8 Å². The number of amides is 1. The molecule has 2 aliphatic rings. The van der Waals surface area contributed by atoms with Crippen LogP contribution in [0.1, 0.15) is 47.2 Å². The third-order valence-corrected chi connectivity index (χ3v) is 6.68. The van der Waals surface area contributed by atoms with Gasteiger partial charge in [0.1, 0.15) is 11.3 Å². The zero-order chi connectivity index (χ0) is 22.6. The summed E-state index contributed by atoms with van der Waals surface area (Å²) >= 11 is 0. The number of nitrogens with zero attached hydrogens (tertiary/aromatic N) is 2. The SMILES string of the molecule is O=C(NC1CCN(CCCOc2ccc3c4c(c(=O)oc3c2)CCC4)CC1)c1cccnc1. The van der Waals surface area contributed by atoms with E-state index in [2.05, 4.69) is 15.2 Å². The van der Waals surface area contributed by atoms with E-state index in [1.165, 1.54) is 0 Å². The zero-order valence-corrected chi connectivity index (χ0v) is 18.7. The van der Waals surface area contributed by atoms with Crippen LogP contribution in [-0.2, 0) is 12.8 Å². The van der Waals surface area contributed by atoms with Gasteiger partial charge in [0.05, 0.1) is 12.2 Å². The summed E-state index contributed by atoms with van der Waals surface area (Å²) in [5, 5.41) is 4.15. The number of aryl methyl sites for hydroxylation is 1. The molecule has 2 aromatic heterocycles. The molecule has 0 saturated carbocycles.